The van der Waals surface area contributed by atoms with Gasteiger partial charge in [-0.1, -0.05) is 26.8 Å². The number of aromatic hydroxyl groups is 1. The van der Waals surface area contributed by atoms with E-state index in [0.717, 1.165) is 17.5 Å². The Morgan fingerprint density at radius 3 is 2.67 bits per heavy atom. The highest BCUT2D eigenvalue weighted by Crippen LogP contribution is 2.37. The molecule has 0 radical (unpaired) electrons. The van der Waals surface area contributed by atoms with E-state index in [2.05, 4.69) is 10.6 Å². The molecule has 1 heterocycles. The number of aliphatic hydroxyl groups is 1. The number of phenols is 1. The number of benzene rings is 1. The molecular formula is C16H24N2O3. The van der Waals surface area contributed by atoms with E-state index in [0.29, 0.717) is 18.5 Å². The number of rotatable bonds is 5. The van der Waals surface area contributed by atoms with Gasteiger partial charge in [0.15, 0.2) is 0 Å². The molecule has 2 atom stereocenters. The summed E-state index contributed by atoms with van der Waals surface area (Å²) in [4.78, 5) is 11.5. The van der Waals surface area contributed by atoms with Crippen LogP contribution in [-0.4, -0.2) is 28.2 Å². The van der Waals surface area contributed by atoms with Gasteiger partial charge >= 0.3 is 0 Å². The fraction of sp³-hybridized carbons (Fsp3) is 0.562. The van der Waals surface area contributed by atoms with Crippen molar-refractivity contribution in [2.45, 2.75) is 58.2 Å². The highest BCUT2D eigenvalue weighted by Gasteiger charge is 2.27. The zero-order valence-electron chi connectivity index (χ0n) is 12.8. The predicted octanol–water partition coefficient (Wildman–Crippen LogP) is 2.09. The first-order chi connectivity index (χ1) is 9.93. The van der Waals surface area contributed by atoms with E-state index < -0.39 is 6.10 Å². The van der Waals surface area contributed by atoms with E-state index in [1.807, 2.05) is 20.8 Å². The van der Waals surface area contributed by atoms with Crippen molar-refractivity contribution in [2.75, 3.05) is 5.32 Å². The topological polar surface area (TPSA) is 81.6 Å². The van der Waals surface area contributed by atoms with Crippen LogP contribution in [0.3, 0.4) is 0 Å². The van der Waals surface area contributed by atoms with Crippen LogP contribution < -0.4 is 10.6 Å². The van der Waals surface area contributed by atoms with Gasteiger partial charge in [0, 0.05) is 18.5 Å². The fourth-order valence-corrected chi connectivity index (χ4v) is 2.86. The van der Waals surface area contributed by atoms with Gasteiger partial charge in [-0.2, -0.15) is 0 Å². The number of aliphatic hydroxyl groups excluding tert-OH is 1. The summed E-state index contributed by atoms with van der Waals surface area (Å²) in [5.74, 6) is -0.0457. The van der Waals surface area contributed by atoms with Crippen LogP contribution in [0, 0.1) is 0 Å². The zero-order chi connectivity index (χ0) is 15.6. The molecule has 5 heteroatoms. The van der Waals surface area contributed by atoms with Gasteiger partial charge in [-0.15, -0.1) is 0 Å². The lowest BCUT2D eigenvalue weighted by Gasteiger charge is -2.29. The summed E-state index contributed by atoms with van der Waals surface area (Å²) in [6.07, 6.45) is 1.05. The van der Waals surface area contributed by atoms with Crippen LogP contribution in [0.1, 0.15) is 50.8 Å². The molecule has 5 nitrogen and oxygen atoms in total. The molecule has 1 aromatic rings. The lowest BCUT2D eigenvalue weighted by Crippen LogP contribution is -2.39. The second kappa shape index (κ2) is 6.45. The minimum atomic E-state index is -0.665. The first-order valence-electron chi connectivity index (χ1n) is 7.52. The Kier molecular flexibility index (Phi) is 4.85. The van der Waals surface area contributed by atoms with Crippen molar-refractivity contribution in [3.8, 4) is 5.75 Å². The summed E-state index contributed by atoms with van der Waals surface area (Å²) in [5, 5.41) is 26.7. The number of hydrogen-bond donors (Lipinski definition) is 4. The Bertz CT molecular complexity index is 528. The van der Waals surface area contributed by atoms with Crippen LogP contribution in [0.5, 0.6) is 5.75 Å². The maximum absolute atomic E-state index is 11.5. The Hall–Kier alpha value is -1.59. The third-order valence-electron chi connectivity index (χ3n) is 3.88. The number of anilines is 1. The maximum atomic E-state index is 11.5. The number of carbonyl (C=O) groups excluding carboxylic acids is 1. The van der Waals surface area contributed by atoms with E-state index in [1.54, 1.807) is 6.07 Å². The summed E-state index contributed by atoms with van der Waals surface area (Å²) in [7, 11) is 0. The average Bonchev–Trinajstić information content (AvgIpc) is 2.45. The molecule has 1 aromatic carbocycles. The van der Waals surface area contributed by atoms with Crippen LogP contribution in [0.2, 0.25) is 0 Å². The standard InChI is InChI=1S/C16H24N2O3/c1-4-12(17-9(2)3)16(21)11-5-7-13(19)15-10(11)6-8-14(20)18-15/h5,7,9,12,16-17,19,21H,4,6,8H2,1-3H3,(H,18,20)/t12-,16+/m0/s1. The summed E-state index contributed by atoms with van der Waals surface area (Å²) in [6.45, 7) is 6.11. The lowest BCUT2D eigenvalue weighted by atomic mass is 9.90. The first kappa shape index (κ1) is 15.8. The third-order valence-corrected chi connectivity index (χ3v) is 3.88. The van der Waals surface area contributed by atoms with Gasteiger partial charge in [-0.25, -0.2) is 0 Å². The molecule has 0 unspecified atom stereocenters. The molecule has 0 spiro atoms. The Balaban J connectivity index is 2.35. The molecule has 2 rings (SSSR count). The summed E-state index contributed by atoms with van der Waals surface area (Å²) < 4.78 is 0. The van der Waals surface area contributed by atoms with Crippen LogP contribution >= 0.6 is 0 Å². The molecule has 21 heavy (non-hydrogen) atoms. The van der Waals surface area contributed by atoms with Crippen molar-refractivity contribution in [3.05, 3.63) is 23.3 Å². The lowest BCUT2D eigenvalue weighted by molar-refractivity contribution is -0.116. The van der Waals surface area contributed by atoms with Gasteiger partial charge < -0.3 is 20.8 Å². The van der Waals surface area contributed by atoms with Gasteiger partial charge in [0.25, 0.3) is 0 Å². The van der Waals surface area contributed by atoms with Crippen LogP contribution in [0.4, 0.5) is 5.69 Å². The maximum Gasteiger partial charge on any atom is 0.224 e. The molecule has 1 aliphatic rings. The molecule has 0 saturated carbocycles. The highest BCUT2D eigenvalue weighted by molar-refractivity contribution is 5.96. The molecule has 1 amide bonds. The highest BCUT2D eigenvalue weighted by atomic mass is 16.3. The number of amides is 1. The molecular weight excluding hydrogens is 268 g/mol. The number of fused-ring (bicyclic) bond motifs is 1. The van der Waals surface area contributed by atoms with Crippen LogP contribution in [0.15, 0.2) is 12.1 Å². The quantitative estimate of drug-likeness (QED) is 0.626. The van der Waals surface area contributed by atoms with Crippen molar-refractivity contribution >= 4 is 11.6 Å². The van der Waals surface area contributed by atoms with E-state index in [4.69, 9.17) is 0 Å². The third kappa shape index (κ3) is 3.36. The first-order valence-corrected chi connectivity index (χ1v) is 7.52. The predicted molar refractivity (Wildman–Crippen MR) is 82.4 cm³/mol. The number of phenolic OH excluding ortho intramolecular Hbond substituents is 1. The number of nitrogens with one attached hydrogen (secondary N) is 2. The molecule has 0 fully saturated rings. The molecule has 1 aliphatic heterocycles. The van der Waals surface area contributed by atoms with Crippen molar-refractivity contribution in [2.24, 2.45) is 0 Å². The zero-order valence-corrected chi connectivity index (χ0v) is 12.8. The van der Waals surface area contributed by atoms with Crippen molar-refractivity contribution in [3.63, 3.8) is 0 Å². The minimum Gasteiger partial charge on any atom is -0.506 e. The molecule has 0 saturated heterocycles. The Morgan fingerprint density at radius 1 is 1.33 bits per heavy atom. The van der Waals surface area contributed by atoms with Gasteiger partial charge in [0.1, 0.15) is 5.75 Å². The second-order valence-corrected chi connectivity index (χ2v) is 5.86. The second-order valence-electron chi connectivity index (χ2n) is 5.86. The summed E-state index contributed by atoms with van der Waals surface area (Å²) in [5.41, 5.74) is 2.07. The Labute approximate surface area is 125 Å². The average molecular weight is 292 g/mol. The SMILES string of the molecule is CC[C@H](NC(C)C)[C@H](O)c1ccc(O)c2c1CCC(=O)N2. The van der Waals surface area contributed by atoms with E-state index in [9.17, 15) is 15.0 Å². The number of hydrogen-bond acceptors (Lipinski definition) is 4. The van der Waals surface area contributed by atoms with Crippen LogP contribution in [0.25, 0.3) is 0 Å². The van der Waals surface area contributed by atoms with E-state index in [-0.39, 0.29) is 23.7 Å². The minimum absolute atomic E-state index is 0.0545. The smallest absolute Gasteiger partial charge is 0.224 e. The van der Waals surface area contributed by atoms with Gasteiger partial charge in [0.2, 0.25) is 5.91 Å². The summed E-state index contributed by atoms with van der Waals surface area (Å²) in [6, 6.07) is 3.50. The molecule has 4 N–H and O–H groups in total. The van der Waals surface area contributed by atoms with Crippen LogP contribution in [-0.2, 0) is 11.2 Å². The fourth-order valence-electron chi connectivity index (χ4n) is 2.86. The largest absolute Gasteiger partial charge is 0.506 e. The van der Waals surface area contributed by atoms with Crippen molar-refractivity contribution in [1.29, 1.82) is 0 Å². The summed E-state index contributed by atoms with van der Waals surface area (Å²) >= 11 is 0. The van der Waals surface area contributed by atoms with E-state index >= 15 is 0 Å². The molecule has 0 bridgehead atoms. The Morgan fingerprint density at radius 2 is 2.05 bits per heavy atom. The molecule has 116 valence electrons. The van der Waals surface area contributed by atoms with Crippen molar-refractivity contribution in [1.82, 2.24) is 5.32 Å². The normalized spacial score (nSPS) is 17.3. The van der Waals surface area contributed by atoms with Gasteiger partial charge in [0.05, 0.1) is 11.8 Å². The van der Waals surface area contributed by atoms with Gasteiger partial charge in [-0.05, 0) is 30.0 Å². The van der Waals surface area contributed by atoms with Crippen molar-refractivity contribution < 1.29 is 15.0 Å². The molecule has 0 aliphatic carbocycles. The molecule has 0 aromatic heterocycles. The van der Waals surface area contributed by atoms with E-state index in [1.165, 1.54) is 6.07 Å². The van der Waals surface area contributed by atoms with Gasteiger partial charge in [-0.3, -0.25) is 4.79 Å². The number of carbonyl (C=O) groups is 1. The monoisotopic (exact) mass is 292 g/mol.